The molecule has 18 heavy (non-hydrogen) atoms. The van der Waals surface area contributed by atoms with Crippen molar-refractivity contribution in [1.82, 2.24) is 5.32 Å². The van der Waals surface area contributed by atoms with Gasteiger partial charge >= 0.3 is 6.18 Å². The summed E-state index contributed by atoms with van der Waals surface area (Å²) in [6.07, 6.45) is -4.38. The quantitative estimate of drug-likeness (QED) is 0.832. The molecule has 2 nitrogen and oxygen atoms in total. The zero-order valence-corrected chi connectivity index (χ0v) is 11.1. The van der Waals surface area contributed by atoms with Crippen LogP contribution in [0.4, 0.5) is 17.6 Å². The van der Waals surface area contributed by atoms with Crippen molar-refractivity contribution in [3.63, 3.8) is 0 Å². The molecular weight excluding hydrogens is 318 g/mol. The van der Waals surface area contributed by atoms with Crippen LogP contribution in [0, 0.1) is 5.82 Å². The predicted octanol–water partition coefficient (Wildman–Crippen LogP) is 2.95. The normalized spacial score (nSPS) is 15.5. The predicted molar refractivity (Wildman–Crippen MR) is 62.6 cm³/mol. The summed E-state index contributed by atoms with van der Waals surface area (Å²) in [5.74, 6) is -0.519. The monoisotopic (exact) mass is 329 g/mol. The van der Waals surface area contributed by atoms with E-state index < -0.39 is 30.7 Å². The van der Waals surface area contributed by atoms with E-state index in [4.69, 9.17) is 0 Å². The Morgan fingerprint density at radius 2 is 1.94 bits per heavy atom. The van der Waals surface area contributed by atoms with Crippen LogP contribution in [0.5, 0.6) is 0 Å². The molecular formula is C11H12BrF4NO. The number of alkyl halides is 3. The molecule has 0 aliphatic heterocycles. The smallest absolute Gasteiger partial charge is 0.394 e. The molecule has 0 saturated heterocycles. The van der Waals surface area contributed by atoms with Gasteiger partial charge in [-0.2, -0.15) is 13.2 Å². The van der Waals surface area contributed by atoms with Gasteiger partial charge in [0.2, 0.25) is 0 Å². The van der Waals surface area contributed by atoms with Crippen molar-refractivity contribution in [2.75, 3.05) is 13.2 Å². The van der Waals surface area contributed by atoms with Gasteiger partial charge in [0.1, 0.15) is 5.82 Å². The van der Waals surface area contributed by atoms with Gasteiger partial charge in [0.25, 0.3) is 0 Å². The number of rotatable bonds is 4. The first kappa shape index (κ1) is 15.4. The minimum absolute atomic E-state index is 0.133. The van der Waals surface area contributed by atoms with Gasteiger partial charge in [-0.15, -0.1) is 0 Å². The van der Waals surface area contributed by atoms with E-state index in [0.717, 1.165) is 6.07 Å². The van der Waals surface area contributed by atoms with Crippen LogP contribution in [0.1, 0.15) is 12.5 Å². The van der Waals surface area contributed by atoms with Crippen molar-refractivity contribution in [3.05, 3.63) is 34.1 Å². The van der Waals surface area contributed by atoms with Crippen molar-refractivity contribution in [1.29, 1.82) is 0 Å². The molecule has 7 heteroatoms. The zero-order chi connectivity index (χ0) is 14.0. The molecule has 1 unspecified atom stereocenters. The van der Waals surface area contributed by atoms with Crippen molar-refractivity contribution < 1.29 is 22.7 Å². The van der Waals surface area contributed by atoms with E-state index in [1.54, 1.807) is 0 Å². The number of aliphatic hydroxyl groups is 1. The summed E-state index contributed by atoms with van der Waals surface area (Å²) in [6, 6.07) is 3.80. The van der Waals surface area contributed by atoms with Crippen molar-refractivity contribution >= 4 is 15.9 Å². The Kier molecular flexibility index (Phi) is 4.74. The highest BCUT2D eigenvalue weighted by atomic mass is 79.9. The minimum Gasteiger partial charge on any atom is -0.394 e. The molecule has 2 N–H and O–H groups in total. The second kappa shape index (κ2) is 5.54. The first-order chi connectivity index (χ1) is 8.18. The number of benzene rings is 1. The highest BCUT2D eigenvalue weighted by molar-refractivity contribution is 9.10. The number of hydrogen-bond acceptors (Lipinski definition) is 2. The van der Waals surface area contributed by atoms with Gasteiger partial charge in [0.15, 0.2) is 0 Å². The molecule has 0 aliphatic rings. The molecule has 1 aromatic rings. The Hall–Kier alpha value is -0.660. The summed E-state index contributed by atoms with van der Waals surface area (Å²) >= 11 is 2.95. The lowest BCUT2D eigenvalue weighted by Gasteiger charge is -2.30. The van der Waals surface area contributed by atoms with Gasteiger partial charge in [0.05, 0.1) is 23.2 Å². The van der Waals surface area contributed by atoms with E-state index in [9.17, 15) is 22.7 Å². The third kappa shape index (κ3) is 3.93. The van der Waals surface area contributed by atoms with Gasteiger partial charge in [-0.05, 0) is 40.5 Å². The van der Waals surface area contributed by atoms with Crippen LogP contribution in [-0.2, 0) is 5.54 Å². The molecule has 1 rings (SSSR count). The van der Waals surface area contributed by atoms with Crippen molar-refractivity contribution in [3.8, 4) is 0 Å². The Morgan fingerprint density at radius 3 is 2.39 bits per heavy atom. The van der Waals surface area contributed by atoms with Crippen LogP contribution in [0.3, 0.4) is 0 Å². The average Bonchev–Trinajstić information content (AvgIpc) is 2.28. The Balaban J connectivity index is 2.96. The van der Waals surface area contributed by atoms with E-state index in [0.29, 0.717) is 5.56 Å². The molecule has 0 aliphatic carbocycles. The fourth-order valence-corrected chi connectivity index (χ4v) is 1.76. The lowest BCUT2D eigenvalue weighted by atomic mass is 9.93. The summed E-state index contributed by atoms with van der Waals surface area (Å²) in [4.78, 5) is 0. The van der Waals surface area contributed by atoms with Gasteiger partial charge in [0, 0.05) is 0 Å². The van der Waals surface area contributed by atoms with Crippen LogP contribution in [0.15, 0.2) is 22.7 Å². The molecule has 1 atom stereocenters. The zero-order valence-electron chi connectivity index (χ0n) is 9.48. The van der Waals surface area contributed by atoms with Crippen molar-refractivity contribution in [2.24, 2.45) is 0 Å². The molecule has 0 saturated carbocycles. The first-order valence-electron chi connectivity index (χ1n) is 5.06. The second-order valence-electron chi connectivity index (χ2n) is 4.09. The molecule has 1 aromatic carbocycles. The second-order valence-corrected chi connectivity index (χ2v) is 4.94. The maximum Gasteiger partial charge on any atom is 0.401 e. The Bertz CT molecular complexity index is 424. The van der Waals surface area contributed by atoms with E-state index in [2.05, 4.69) is 21.2 Å². The molecule has 0 amide bonds. The van der Waals surface area contributed by atoms with Crippen LogP contribution >= 0.6 is 15.9 Å². The van der Waals surface area contributed by atoms with E-state index >= 15 is 0 Å². The third-order valence-corrected chi connectivity index (χ3v) is 3.16. The fourth-order valence-electron chi connectivity index (χ4n) is 1.38. The summed E-state index contributed by atoms with van der Waals surface area (Å²) in [5, 5.41) is 11.5. The van der Waals surface area contributed by atoms with Crippen LogP contribution in [0.25, 0.3) is 0 Å². The van der Waals surface area contributed by atoms with E-state index in [1.165, 1.54) is 19.1 Å². The summed E-state index contributed by atoms with van der Waals surface area (Å²) in [6.45, 7) is -0.362. The Morgan fingerprint density at radius 1 is 1.33 bits per heavy atom. The molecule has 0 spiro atoms. The first-order valence-corrected chi connectivity index (χ1v) is 5.85. The number of hydrogen-bond donors (Lipinski definition) is 2. The van der Waals surface area contributed by atoms with Gasteiger partial charge in [-0.25, -0.2) is 4.39 Å². The van der Waals surface area contributed by atoms with Crippen molar-refractivity contribution in [2.45, 2.75) is 18.6 Å². The number of aliphatic hydroxyl groups excluding tert-OH is 1. The molecule has 0 bridgehead atoms. The van der Waals surface area contributed by atoms with Crippen LogP contribution in [-0.4, -0.2) is 24.4 Å². The van der Waals surface area contributed by atoms with E-state index in [-0.39, 0.29) is 4.47 Å². The van der Waals surface area contributed by atoms with E-state index in [1.807, 2.05) is 0 Å². The standard InChI is InChI=1S/C11H12BrF4NO/c1-10(6-18,17-5-11(14,15)16)7-2-3-9(13)8(12)4-7/h2-4,17-18H,5-6H2,1H3. The maximum absolute atomic E-state index is 13.1. The summed E-state index contributed by atoms with van der Waals surface area (Å²) < 4.78 is 49.7. The highest BCUT2D eigenvalue weighted by Gasteiger charge is 2.33. The minimum atomic E-state index is -4.38. The number of nitrogens with one attached hydrogen (secondary N) is 1. The molecule has 0 heterocycles. The lowest BCUT2D eigenvalue weighted by Crippen LogP contribution is -2.47. The third-order valence-electron chi connectivity index (χ3n) is 2.55. The molecule has 0 fully saturated rings. The van der Waals surface area contributed by atoms with Crippen LogP contribution < -0.4 is 5.32 Å². The van der Waals surface area contributed by atoms with Crippen LogP contribution in [0.2, 0.25) is 0 Å². The summed E-state index contributed by atoms with van der Waals surface area (Å²) in [7, 11) is 0. The Labute approximate surface area is 110 Å². The molecule has 102 valence electrons. The molecule has 0 aromatic heterocycles. The largest absolute Gasteiger partial charge is 0.401 e. The van der Waals surface area contributed by atoms with Gasteiger partial charge in [-0.3, -0.25) is 5.32 Å². The average molecular weight is 330 g/mol. The highest BCUT2D eigenvalue weighted by Crippen LogP contribution is 2.26. The van der Waals surface area contributed by atoms with Gasteiger partial charge < -0.3 is 5.11 Å². The lowest BCUT2D eigenvalue weighted by molar-refractivity contribution is -0.129. The van der Waals surface area contributed by atoms with Gasteiger partial charge in [-0.1, -0.05) is 6.07 Å². The molecule has 0 radical (unpaired) electrons. The fraction of sp³-hybridized carbons (Fsp3) is 0.455. The SMILES string of the molecule is CC(CO)(NCC(F)(F)F)c1ccc(F)c(Br)c1. The number of halogens is 5. The summed E-state index contributed by atoms with van der Waals surface area (Å²) in [5.41, 5.74) is -0.923. The topological polar surface area (TPSA) is 32.3 Å². The maximum atomic E-state index is 13.1.